The number of non-ortho nitro benzene ring substituents is 1. The molecule has 0 saturated carbocycles. The van der Waals surface area contributed by atoms with Gasteiger partial charge in [0.05, 0.1) is 11.5 Å². The number of likely N-dealkylation sites (N-methyl/N-ethyl adjacent to an activating group) is 1. The Morgan fingerprint density at radius 1 is 1.24 bits per heavy atom. The highest BCUT2D eigenvalue weighted by molar-refractivity contribution is 5.92. The number of amides is 1. The van der Waals surface area contributed by atoms with Crippen LogP contribution in [0.25, 0.3) is 0 Å². The van der Waals surface area contributed by atoms with Gasteiger partial charge in [-0.2, -0.15) is 0 Å². The predicted octanol–water partition coefficient (Wildman–Crippen LogP) is 2.39. The van der Waals surface area contributed by atoms with Crippen LogP contribution < -0.4 is 14.8 Å². The average molecular weight is 343 g/mol. The van der Waals surface area contributed by atoms with Crippen molar-refractivity contribution in [1.29, 1.82) is 0 Å². The summed E-state index contributed by atoms with van der Waals surface area (Å²) in [6, 6.07) is 11.5. The van der Waals surface area contributed by atoms with Gasteiger partial charge in [-0.05, 0) is 30.8 Å². The molecule has 0 saturated heterocycles. The van der Waals surface area contributed by atoms with Crippen molar-refractivity contribution in [3.05, 3.63) is 58.1 Å². The van der Waals surface area contributed by atoms with Crippen molar-refractivity contribution >= 4 is 17.3 Å². The summed E-state index contributed by atoms with van der Waals surface area (Å²) >= 11 is 0. The number of nitro groups is 1. The normalized spacial score (nSPS) is 12.2. The van der Waals surface area contributed by atoms with E-state index in [0.717, 1.165) is 11.3 Å². The lowest BCUT2D eigenvalue weighted by molar-refractivity contribution is -0.384. The van der Waals surface area contributed by atoms with Crippen LogP contribution in [-0.4, -0.2) is 36.1 Å². The number of hydrogen-bond donors (Lipinski definition) is 1. The Morgan fingerprint density at radius 3 is 2.84 bits per heavy atom. The zero-order valence-corrected chi connectivity index (χ0v) is 13.6. The molecule has 1 aliphatic rings. The molecule has 8 nitrogen and oxygen atoms in total. The first-order chi connectivity index (χ1) is 12.0. The third kappa shape index (κ3) is 4.24. The van der Waals surface area contributed by atoms with E-state index in [0.29, 0.717) is 18.0 Å². The molecule has 1 amide bonds. The Morgan fingerprint density at radius 2 is 2.04 bits per heavy atom. The Labute approximate surface area is 144 Å². The molecule has 2 aromatic rings. The zero-order valence-electron chi connectivity index (χ0n) is 13.6. The highest BCUT2D eigenvalue weighted by atomic mass is 16.7. The lowest BCUT2D eigenvalue weighted by atomic mass is 10.2. The highest BCUT2D eigenvalue weighted by Crippen LogP contribution is 2.32. The van der Waals surface area contributed by atoms with Crippen LogP contribution in [0.3, 0.4) is 0 Å². The molecule has 0 atom stereocenters. The van der Waals surface area contributed by atoms with Gasteiger partial charge in [0.1, 0.15) is 0 Å². The van der Waals surface area contributed by atoms with Gasteiger partial charge in [-0.25, -0.2) is 0 Å². The molecule has 25 heavy (non-hydrogen) atoms. The predicted molar refractivity (Wildman–Crippen MR) is 90.6 cm³/mol. The summed E-state index contributed by atoms with van der Waals surface area (Å²) < 4.78 is 10.6. The van der Waals surface area contributed by atoms with Gasteiger partial charge in [0, 0.05) is 24.4 Å². The maximum absolute atomic E-state index is 12.1. The first-order valence-corrected chi connectivity index (χ1v) is 7.62. The molecule has 0 radical (unpaired) electrons. The van der Waals surface area contributed by atoms with E-state index in [2.05, 4.69) is 5.32 Å². The van der Waals surface area contributed by atoms with Crippen LogP contribution in [0.2, 0.25) is 0 Å². The number of nitrogens with zero attached hydrogens (tertiary/aromatic N) is 2. The van der Waals surface area contributed by atoms with E-state index in [-0.39, 0.29) is 24.9 Å². The third-order valence-corrected chi connectivity index (χ3v) is 3.64. The van der Waals surface area contributed by atoms with Crippen molar-refractivity contribution < 1.29 is 19.2 Å². The minimum atomic E-state index is -0.499. The quantitative estimate of drug-likeness (QED) is 0.639. The van der Waals surface area contributed by atoms with E-state index in [1.807, 2.05) is 30.1 Å². The van der Waals surface area contributed by atoms with E-state index in [4.69, 9.17) is 9.47 Å². The first kappa shape index (κ1) is 16.7. The molecule has 1 heterocycles. The molecule has 0 aliphatic carbocycles. The van der Waals surface area contributed by atoms with E-state index in [1.54, 1.807) is 6.07 Å². The Bertz CT molecular complexity index is 809. The fraction of sp³-hybridized carbons (Fsp3) is 0.235. The highest BCUT2D eigenvalue weighted by Gasteiger charge is 2.15. The summed E-state index contributed by atoms with van der Waals surface area (Å²) in [5.74, 6) is 1.17. The molecule has 2 aromatic carbocycles. The topological polar surface area (TPSA) is 93.9 Å². The summed E-state index contributed by atoms with van der Waals surface area (Å²) in [5, 5.41) is 13.4. The average Bonchev–Trinajstić information content (AvgIpc) is 3.02. The number of fused-ring (bicyclic) bond motifs is 1. The maximum atomic E-state index is 12.1. The van der Waals surface area contributed by atoms with Crippen molar-refractivity contribution in [2.75, 3.05) is 25.7 Å². The monoisotopic (exact) mass is 343 g/mol. The number of carbonyl (C=O) groups is 1. The van der Waals surface area contributed by atoms with Crippen LogP contribution in [0.4, 0.5) is 11.4 Å². The summed E-state index contributed by atoms with van der Waals surface area (Å²) in [7, 11) is 1.82. The minimum absolute atomic E-state index is 0.0634. The molecular weight excluding hydrogens is 326 g/mol. The van der Waals surface area contributed by atoms with Crippen molar-refractivity contribution in [3.8, 4) is 11.5 Å². The van der Waals surface area contributed by atoms with Gasteiger partial charge < -0.3 is 14.8 Å². The SMILES string of the molecule is CN(CC(=O)Nc1cccc([N+](=O)[O-])c1)Cc1ccc2c(c1)OCO2. The summed E-state index contributed by atoms with van der Waals surface area (Å²) in [6.45, 7) is 0.927. The molecule has 0 aromatic heterocycles. The minimum Gasteiger partial charge on any atom is -0.454 e. The van der Waals surface area contributed by atoms with Gasteiger partial charge in [0.15, 0.2) is 11.5 Å². The largest absolute Gasteiger partial charge is 0.454 e. The maximum Gasteiger partial charge on any atom is 0.271 e. The molecule has 0 spiro atoms. The molecule has 1 N–H and O–H groups in total. The number of ether oxygens (including phenoxy) is 2. The number of carbonyl (C=O) groups excluding carboxylic acids is 1. The summed E-state index contributed by atoms with van der Waals surface area (Å²) in [4.78, 5) is 24.2. The smallest absolute Gasteiger partial charge is 0.271 e. The van der Waals surface area contributed by atoms with Gasteiger partial charge >= 0.3 is 0 Å². The molecule has 0 bridgehead atoms. The molecule has 8 heteroatoms. The summed E-state index contributed by atoms with van der Waals surface area (Å²) in [5.41, 5.74) is 1.33. The first-order valence-electron chi connectivity index (χ1n) is 7.62. The molecular formula is C17H17N3O5. The second kappa shape index (κ2) is 7.18. The number of rotatable bonds is 6. The number of anilines is 1. The molecule has 130 valence electrons. The zero-order chi connectivity index (χ0) is 17.8. The Hall–Kier alpha value is -3.13. The van der Waals surface area contributed by atoms with Gasteiger partial charge in [-0.1, -0.05) is 12.1 Å². The van der Waals surface area contributed by atoms with E-state index in [1.165, 1.54) is 18.2 Å². The van der Waals surface area contributed by atoms with Gasteiger partial charge in [-0.15, -0.1) is 0 Å². The van der Waals surface area contributed by atoms with Gasteiger partial charge in [0.25, 0.3) is 5.69 Å². The Kier molecular flexibility index (Phi) is 4.80. The number of benzene rings is 2. The lowest BCUT2D eigenvalue weighted by Crippen LogP contribution is -2.29. The van der Waals surface area contributed by atoms with E-state index >= 15 is 0 Å². The van der Waals surface area contributed by atoms with Crippen LogP contribution in [-0.2, 0) is 11.3 Å². The van der Waals surface area contributed by atoms with Crippen LogP contribution in [0.1, 0.15) is 5.56 Å². The lowest BCUT2D eigenvalue weighted by Gasteiger charge is -2.16. The Balaban J connectivity index is 1.55. The molecule has 3 rings (SSSR count). The number of nitrogens with one attached hydrogen (secondary N) is 1. The third-order valence-electron chi connectivity index (χ3n) is 3.64. The standard InChI is InChI=1S/C17H17N3O5/c1-19(9-12-5-6-15-16(7-12)25-11-24-15)10-17(21)18-13-3-2-4-14(8-13)20(22)23/h2-8H,9-11H2,1H3,(H,18,21). The second-order valence-electron chi connectivity index (χ2n) is 5.72. The molecule has 0 unspecified atom stereocenters. The molecule has 1 aliphatic heterocycles. The summed E-state index contributed by atoms with van der Waals surface area (Å²) in [6.07, 6.45) is 0. The second-order valence-corrected chi connectivity index (χ2v) is 5.72. The van der Waals surface area contributed by atoms with Gasteiger partial charge in [-0.3, -0.25) is 19.8 Å². The van der Waals surface area contributed by atoms with Crippen molar-refractivity contribution in [1.82, 2.24) is 4.90 Å². The fourth-order valence-electron chi connectivity index (χ4n) is 2.55. The van der Waals surface area contributed by atoms with Crippen LogP contribution in [0.15, 0.2) is 42.5 Å². The van der Waals surface area contributed by atoms with Gasteiger partial charge in [0.2, 0.25) is 12.7 Å². The van der Waals surface area contributed by atoms with Crippen molar-refractivity contribution in [3.63, 3.8) is 0 Å². The van der Waals surface area contributed by atoms with Crippen molar-refractivity contribution in [2.45, 2.75) is 6.54 Å². The van der Waals surface area contributed by atoms with E-state index < -0.39 is 4.92 Å². The molecule has 0 fully saturated rings. The van der Waals surface area contributed by atoms with E-state index in [9.17, 15) is 14.9 Å². The van der Waals surface area contributed by atoms with Crippen LogP contribution in [0, 0.1) is 10.1 Å². The number of hydrogen-bond acceptors (Lipinski definition) is 6. The number of nitro benzene ring substituents is 1. The van der Waals surface area contributed by atoms with Crippen LogP contribution >= 0.6 is 0 Å². The fourth-order valence-corrected chi connectivity index (χ4v) is 2.55. The van der Waals surface area contributed by atoms with Crippen molar-refractivity contribution in [2.24, 2.45) is 0 Å². The van der Waals surface area contributed by atoms with Crippen LogP contribution in [0.5, 0.6) is 11.5 Å².